The molecule has 0 saturated heterocycles. The summed E-state index contributed by atoms with van der Waals surface area (Å²) >= 11 is 0. The smallest absolute Gasteiger partial charge is 0.309 e. The van der Waals surface area contributed by atoms with Gasteiger partial charge in [0.05, 0.1) is 11.5 Å². The summed E-state index contributed by atoms with van der Waals surface area (Å²) in [6.45, 7) is 5.92. The summed E-state index contributed by atoms with van der Waals surface area (Å²) in [4.78, 5) is 11.2. The summed E-state index contributed by atoms with van der Waals surface area (Å²) in [6.07, 6.45) is 5.62. The van der Waals surface area contributed by atoms with Crippen LogP contribution in [0.25, 0.3) is 0 Å². The molecule has 0 aromatic rings. The molecule has 2 bridgehead atoms. The molecule has 0 amide bonds. The predicted octanol–water partition coefficient (Wildman–Crippen LogP) is 2.22. The molecule has 2 rings (SSSR count). The Balaban J connectivity index is 2.24. The summed E-state index contributed by atoms with van der Waals surface area (Å²) in [5.41, 5.74) is -0.841. The lowest BCUT2D eigenvalue weighted by molar-refractivity contribution is -0.161. The van der Waals surface area contributed by atoms with Crippen LogP contribution in [0.15, 0.2) is 12.2 Å². The van der Waals surface area contributed by atoms with Crippen molar-refractivity contribution in [1.82, 2.24) is 0 Å². The van der Waals surface area contributed by atoms with Crippen molar-refractivity contribution in [2.45, 2.75) is 44.8 Å². The monoisotopic (exact) mass is 210 g/mol. The van der Waals surface area contributed by atoms with Gasteiger partial charge in [-0.3, -0.25) is 4.79 Å². The highest BCUT2D eigenvalue weighted by atomic mass is 16.5. The number of carboxylic acids is 1. The van der Waals surface area contributed by atoms with Crippen molar-refractivity contribution >= 4 is 5.97 Å². The first-order chi connectivity index (χ1) is 6.82. The van der Waals surface area contributed by atoms with E-state index in [1.807, 2.05) is 26.8 Å². The molecule has 0 radical (unpaired) electrons. The van der Waals surface area contributed by atoms with Crippen molar-refractivity contribution in [1.29, 1.82) is 0 Å². The summed E-state index contributed by atoms with van der Waals surface area (Å²) < 4.78 is 5.98. The van der Waals surface area contributed by atoms with Crippen molar-refractivity contribution < 1.29 is 14.6 Å². The first-order valence-electron chi connectivity index (χ1n) is 5.45. The molecule has 3 nitrogen and oxygen atoms in total. The SMILES string of the molecule is CC(C)(C)OC12C=CC(CC1C(=O)O)C2. The number of allylic oxidation sites excluding steroid dienone is 1. The minimum atomic E-state index is -0.730. The fourth-order valence-electron chi connectivity index (χ4n) is 2.79. The molecule has 0 aromatic carbocycles. The number of aliphatic carboxylic acids is 1. The normalized spacial score (nSPS) is 38.6. The minimum Gasteiger partial charge on any atom is -0.481 e. The quantitative estimate of drug-likeness (QED) is 0.711. The molecule has 3 unspecified atom stereocenters. The van der Waals surface area contributed by atoms with E-state index in [1.165, 1.54) is 0 Å². The maximum atomic E-state index is 11.2. The molecule has 1 saturated carbocycles. The summed E-state index contributed by atoms with van der Waals surface area (Å²) in [5.74, 6) is -0.703. The molecule has 2 aliphatic carbocycles. The lowest BCUT2D eigenvalue weighted by Crippen LogP contribution is -2.44. The van der Waals surface area contributed by atoms with Crippen molar-refractivity contribution in [2.24, 2.45) is 11.8 Å². The van der Waals surface area contributed by atoms with Gasteiger partial charge in [-0.05, 0) is 39.5 Å². The maximum absolute atomic E-state index is 11.2. The van der Waals surface area contributed by atoms with E-state index in [9.17, 15) is 9.90 Å². The number of hydrogen-bond acceptors (Lipinski definition) is 2. The Morgan fingerprint density at radius 2 is 2.20 bits per heavy atom. The van der Waals surface area contributed by atoms with Crippen LogP contribution in [-0.2, 0) is 9.53 Å². The molecule has 15 heavy (non-hydrogen) atoms. The average Bonchev–Trinajstić information content (AvgIpc) is 2.55. The summed E-state index contributed by atoms with van der Waals surface area (Å²) in [6, 6.07) is 0. The Kier molecular flexibility index (Phi) is 2.19. The second-order valence-electron chi connectivity index (χ2n) is 5.62. The third kappa shape index (κ3) is 1.81. The van der Waals surface area contributed by atoms with Crippen LogP contribution < -0.4 is 0 Å². The van der Waals surface area contributed by atoms with E-state index in [1.54, 1.807) is 0 Å². The zero-order chi connectivity index (χ0) is 11.3. The number of fused-ring (bicyclic) bond motifs is 2. The third-order valence-electron chi connectivity index (χ3n) is 3.15. The van der Waals surface area contributed by atoms with Crippen molar-refractivity contribution in [2.75, 3.05) is 0 Å². The minimum absolute atomic E-state index is 0.294. The van der Waals surface area contributed by atoms with Crippen LogP contribution in [-0.4, -0.2) is 22.3 Å². The highest BCUT2D eigenvalue weighted by Crippen LogP contribution is 2.50. The number of ether oxygens (including phenoxy) is 1. The average molecular weight is 210 g/mol. The topological polar surface area (TPSA) is 46.5 Å². The van der Waals surface area contributed by atoms with E-state index in [4.69, 9.17) is 4.74 Å². The zero-order valence-electron chi connectivity index (χ0n) is 9.49. The molecule has 84 valence electrons. The van der Waals surface area contributed by atoms with Crippen LogP contribution in [0.2, 0.25) is 0 Å². The van der Waals surface area contributed by atoms with Gasteiger partial charge in [0.2, 0.25) is 0 Å². The van der Waals surface area contributed by atoms with Gasteiger partial charge in [0, 0.05) is 0 Å². The Labute approximate surface area is 90.1 Å². The van der Waals surface area contributed by atoms with Crippen LogP contribution in [0, 0.1) is 11.8 Å². The molecule has 1 N–H and O–H groups in total. The molecular weight excluding hydrogens is 192 g/mol. The number of carbonyl (C=O) groups is 1. The van der Waals surface area contributed by atoms with Crippen molar-refractivity contribution in [3.8, 4) is 0 Å². The van der Waals surface area contributed by atoms with Crippen molar-refractivity contribution in [3.05, 3.63) is 12.2 Å². The fraction of sp³-hybridized carbons (Fsp3) is 0.750. The largest absolute Gasteiger partial charge is 0.481 e. The first kappa shape index (κ1) is 10.7. The van der Waals surface area contributed by atoms with Crippen molar-refractivity contribution in [3.63, 3.8) is 0 Å². The molecule has 0 heterocycles. The molecule has 0 aromatic heterocycles. The van der Waals surface area contributed by atoms with E-state index >= 15 is 0 Å². The Morgan fingerprint density at radius 3 is 2.67 bits per heavy atom. The number of hydrogen-bond donors (Lipinski definition) is 1. The second-order valence-corrected chi connectivity index (χ2v) is 5.62. The van der Waals surface area contributed by atoms with Gasteiger partial charge in [-0.1, -0.05) is 12.2 Å². The lowest BCUT2D eigenvalue weighted by Gasteiger charge is -2.36. The van der Waals surface area contributed by atoms with Crippen LogP contribution >= 0.6 is 0 Å². The summed E-state index contributed by atoms with van der Waals surface area (Å²) in [7, 11) is 0. The van der Waals surface area contributed by atoms with Gasteiger partial charge in [0.25, 0.3) is 0 Å². The Morgan fingerprint density at radius 1 is 1.53 bits per heavy atom. The first-order valence-corrected chi connectivity index (χ1v) is 5.45. The van der Waals surface area contributed by atoms with E-state index in [0.717, 1.165) is 12.8 Å². The lowest BCUT2D eigenvalue weighted by atomic mass is 9.88. The fourth-order valence-corrected chi connectivity index (χ4v) is 2.79. The van der Waals surface area contributed by atoms with Gasteiger partial charge in [0.15, 0.2) is 0 Å². The van der Waals surface area contributed by atoms with E-state index in [0.29, 0.717) is 5.92 Å². The number of carboxylic acid groups (broad SMARTS) is 1. The maximum Gasteiger partial charge on any atom is 0.309 e. The molecule has 2 aliphatic rings. The molecule has 0 aliphatic heterocycles. The van der Waals surface area contributed by atoms with Crippen LogP contribution in [0.4, 0.5) is 0 Å². The van der Waals surface area contributed by atoms with E-state index in [2.05, 4.69) is 6.08 Å². The van der Waals surface area contributed by atoms with Gasteiger partial charge in [-0.2, -0.15) is 0 Å². The molecule has 0 spiro atoms. The third-order valence-corrected chi connectivity index (χ3v) is 3.15. The van der Waals surface area contributed by atoms with Crippen LogP contribution in [0.3, 0.4) is 0 Å². The molecule has 3 heteroatoms. The molecular formula is C12H18O3. The second kappa shape index (κ2) is 3.08. The molecule has 3 atom stereocenters. The van der Waals surface area contributed by atoms with Gasteiger partial charge in [0.1, 0.15) is 5.60 Å². The molecule has 1 fully saturated rings. The number of rotatable bonds is 2. The van der Waals surface area contributed by atoms with Gasteiger partial charge >= 0.3 is 5.97 Å². The van der Waals surface area contributed by atoms with Crippen LogP contribution in [0.5, 0.6) is 0 Å². The van der Waals surface area contributed by atoms with Gasteiger partial charge < -0.3 is 9.84 Å². The highest BCUT2D eigenvalue weighted by molar-refractivity contribution is 5.73. The van der Waals surface area contributed by atoms with Gasteiger partial charge in [-0.15, -0.1) is 0 Å². The summed E-state index contributed by atoms with van der Waals surface area (Å²) in [5, 5.41) is 9.18. The highest BCUT2D eigenvalue weighted by Gasteiger charge is 2.54. The van der Waals surface area contributed by atoms with E-state index < -0.39 is 11.6 Å². The van der Waals surface area contributed by atoms with Crippen LogP contribution in [0.1, 0.15) is 33.6 Å². The van der Waals surface area contributed by atoms with E-state index in [-0.39, 0.29) is 11.5 Å². The Hall–Kier alpha value is -0.830. The predicted molar refractivity (Wildman–Crippen MR) is 56.6 cm³/mol. The standard InChI is InChI=1S/C12H18O3/c1-11(2,3)15-12-5-4-8(7-12)6-9(12)10(13)14/h4-5,8-9H,6-7H2,1-3H3,(H,13,14). The zero-order valence-corrected chi connectivity index (χ0v) is 9.49. The Bertz CT molecular complexity index is 313. The van der Waals surface area contributed by atoms with Gasteiger partial charge in [-0.25, -0.2) is 0 Å².